The Morgan fingerprint density at radius 2 is 2.00 bits per heavy atom. The predicted molar refractivity (Wildman–Crippen MR) is 55.2 cm³/mol. The third-order valence-corrected chi connectivity index (χ3v) is 2.43. The summed E-state index contributed by atoms with van der Waals surface area (Å²) in [6.07, 6.45) is -0.388. The van der Waals surface area contributed by atoms with Crippen molar-refractivity contribution in [3.8, 4) is 0 Å². The molecule has 0 spiro atoms. The van der Waals surface area contributed by atoms with Crippen LogP contribution in [0, 0.1) is 0 Å². The molecule has 0 aliphatic carbocycles. The number of benzene rings is 1. The highest BCUT2D eigenvalue weighted by Gasteiger charge is 2.54. The molecule has 1 aliphatic rings. The average Bonchev–Trinajstić information content (AvgIpc) is 2.86. The lowest BCUT2D eigenvalue weighted by atomic mass is 10.1. The van der Waals surface area contributed by atoms with E-state index in [9.17, 15) is 4.79 Å². The summed E-state index contributed by atoms with van der Waals surface area (Å²) in [5.74, 6) is -0.274. The third kappa shape index (κ3) is 2.36. The molecule has 1 atom stereocenters. The zero-order valence-corrected chi connectivity index (χ0v) is 8.90. The van der Waals surface area contributed by atoms with Crippen LogP contribution in [0.2, 0.25) is 0 Å². The monoisotopic (exact) mass is 206 g/mol. The molecule has 0 N–H and O–H groups in total. The lowest BCUT2D eigenvalue weighted by Gasteiger charge is -2.03. The maximum atomic E-state index is 11.4. The third-order valence-electron chi connectivity index (χ3n) is 2.43. The van der Waals surface area contributed by atoms with E-state index in [-0.39, 0.29) is 17.7 Å². The van der Waals surface area contributed by atoms with Crippen molar-refractivity contribution < 1.29 is 14.3 Å². The zero-order chi connectivity index (χ0) is 10.9. The lowest BCUT2D eigenvalue weighted by molar-refractivity contribution is -0.146. The van der Waals surface area contributed by atoms with Crippen LogP contribution < -0.4 is 0 Å². The van der Waals surface area contributed by atoms with Crippen LogP contribution in [0.15, 0.2) is 30.3 Å². The molecule has 1 aromatic rings. The van der Waals surface area contributed by atoms with Gasteiger partial charge in [0.15, 0.2) is 6.10 Å². The summed E-state index contributed by atoms with van der Waals surface area (Å²) in [5, 5.41) is 0. The predicted octanol–water partition coefficient (Wildman–Crippen LogP) is 1.91. The number of carbonyl (C=O) groups excluding carboxylic acids is 1. The van der Waals surface area contributed by atoms with Crippen LogP contribution in [0.4, 0.5) is 0 Å². The number of ether oxygens (including phenoxy) is 2. The van der Waals surface area contributed by atoms with Gasteiger partial charge in [0.05, 0.1) is 0 Å². The number of carbonyl (C=O) groups is 1. The summed E-state index contributed by atoms with van der Waals surface area (Å²) >= 11 is 0. The zero-order valence-electron chi connectivity index (χ0n) is 8.90. The molecule has 0 amide bonds. The smallest absolute Gasteiger partial charge is 0.338 e. The molecular weight excluding hydrogens is 192 g/mol. The normalized spacial score (nSPS) is 22.1. The molecule has 1 saturated heterocycles. The van der Waals surface area contributed by atoms with Crippen LogP contribution in [0.5, 0.6) is 0 Å². The minimum absolute atomic E-state index is 0.274. The molecule has 0 bridgehead atoms. The molecule has 0 radical (unpaired) electrons. The van der Waals surface area contributed by atoms with Crippen LogP contribution in [-0.2, 0) is 20.9 Å². The number of hydrogen-bond donors (Lipinski definition) is 0. The second-order valence-corrected chi connectivity index (χ2v) is 4.19. The van der Waals surface area contributed by atoms with Gasteiger partial charge < -0.3 is 9.47 Å². The lowest BCUT2D eigenvalue weighted by Crippen LogP contribution is -2.17. The summed E-state index contributed by atoms with van der Waals surface area (Å²) in [7, 11) is 0. The highest BCUT2D eigenvalue weighted by atomic mass is 16.7. The Kier molecular flexibility index (Phi) is 2.49. The first-order chi connectivity index (χ1) is 7.09. The van der Waals surface area contributed by atoms with Crippen molar-refractivity contribution in [1.82, 2.24) is 0 Å². The maximum absolute atomic E-state index is 11.4. The second kappa shape index (κ2) is 3.66. The molecule has 1 aliphatic heterocycles. The van der Waals surface area contributed by atoms with Crippen LogP contribution in [-0.4, -0.2) is 17.7 Å². The summed E-state index contributed by atoms with van der Waals surface area (Å²) in [5.41, 5.74) is 0.651. The fourth-order valence-corrected chi connectivity index (χ4v) is 1.41. The van der Waals surface area contributed by atoms with E-state index in [0.29, 0.717) is 6.61 Å². The van der Waals surface area contributed by atoms with Crippen molar-refractivity contribution in [1.29, 1.82) is 0 Å². The van der Waals surface area contributed by atoms with Gasteiger partial charge in [-0.1, -0.05) is 30.3 Å². The molecule has 0 aromatic heterocycles. The van der Waals surface area contributed by atoms with Crippen LogP contribution in [0.3, 0.4) is 0 Å². The van der Waals surface area contributed by atoms with Gasteiger partial charge in [-0.15, -0.1) is 0 Å². The number of rotatable bonds is 3. The van der Waals surface area contributed by atoms with Gasteiger partial charge in [0.1, 0.15) is 12.2 Å². The topological polar surface area (TPSA) is 38.8 Å². The Hall–Kier alpha value is -1.35. The van der Waals surface area contributed by atoms with Crippen molar-refractivity contribution in [2.75, 3.05) is 0 Å². The Labute approximate surface area is 89.0 Å². The van der Waals surface area contributed by atoms with E-state index in [1.54, 1.807) is 0 Å². The highest BCUT2D eigenvalue weighted by Crippen LogP contribution is 2.36. The Balaban J connectivity index is 1.82. The summed E-state index contributed by atoms with van der Waals surface area (Å²) in [6, 6.07) is 9.61. The van der Waals surface area contributed by atoms with Gasteiger partial charge in [0, 0.05) is 0 Å². The first kappa shape index (κ1) is 10.2. The summed E-state index contributed by atoms with van der Waals surface area (Å²) in [6.45, 7) is 4.07. The van der Waals surface area contributed by atoms with Gasteiger partial charge in [-0.3, -0.25) is 0 Å². The van der Waals surface area contributed by atoms with Gasteiger partial charge in [-0.25, -0.2) is 4.79 Å². The van der Waals surface area contributed by atoms with Gasteiger partial charge in [-0.05, 0) is 19.4 Å². The molecular formula is C12H14O3. The molecule has 1 fully saturated rings. The van der Waals surface area contributed by atoms with Gasteiger partial charge in [0.2, 0.25) is 0 Å². The minimum Gasteiger partial charge on any atom is -0.459 e. The van der Waals surface area contributed by atoms with E-state index in [1.807, 2.05) is 44.2 Å². The van der Waals surface area contributed by atoms with Gasteiger partial charge in [-0.2, -0.15) is 0 Å². The Bertz CT molecular complexity index is 356. The van der Waals surface area contributed by atoms with Crippen molar-refractivity contribution in [2.24, 2.45) is 0 Å². The maximum Gasteiger partial charge on any atom is 0.338 e. The molecule has 1 aromatic carbocycles. The molecule has 3 heteroatoms. The molecule has 2 rings (SSSR count). The van der Waals surface area contributed by atoms with Gasteiger partial charge in [0.25, 0.3) is 0 Å². The van der Waals surface area contributed by atoms with E-state index >= 15 is 0 Å². The van der Waals surface area contributed by atoms with E-state index in [2.05, 4.69) is 0 Å². The fraction of sp³-hybridized carbons (Fsp3) is 0.417. The van der Waals surface area contributed by atoms with Crippen molar-refractivity contribution >= 4 is 5.97 Å². The van der Waals surface area contributed by atoms with E-state index in [1.165, 1.54) is 0 Å². The molecule has 15 heavy (non-hydrogen) atoms. The van der Waals surface area contributed by atoms with Crippen LogP contribution in [0.1, 0.15) is 19.4 Å². The van der Waals surface area contributed by atoms with Gasteiger partial charge >= 0.3 is 5.97 Å². The Morgan fingerprint density at radius 3 is 2.53 bits per heavy atom. The number of epoxide rings is 1. The molecule has 0 unspecified atom stereocenters. The minimum atomic E-state index is -0.388. The largest absolute Gasteiger partial charge is 0.459 e. The molecule has 1 heterocycles. The van der Waals surface area contributed by atoms with Crippen LogP contribution in [0.25, 0.3) is 0 Å². The molecule has 3 nitrogen and oxygen atoms in total. The summed E-state index contributed by atoms with van der Waals surface area (Å²) < 4.78 is 10.3. The number of hydrogen-bond acceptors (Lipinski definition) is 3. The standard InChI is InChI=1S/C12H14O3/c1-12(2)10(15-12)11(13)14-8-9-6-4-3-5-7-9/h3-7,10H,8H2,1-2H3/t10-/m1/s1. The van der Waals surface area contributed by atoms with Crippen molar-refractivity contribution in [2.45, 2.75) is 32.2 Å². The van der Waals surface area contributed by atoms with E-state index in [4.69, 9.17) is 9.47 Å². The first-order valence-corrected chi connectivity index (χ1v) is 4.98. The quantitative estimate of drug-likeness (QED) is 0.560. The van der Waals surface area contributed by atoms with E-state index in [0.717, 1.165) is 5.56 Å². The van der Waals surface area contributed by atoms with Crippen molar-refractivity contribution in [3.05, 3.63) is 35.9 Å². The van der Waals surface area contributed by atoms with Crippen LogP contribution >= 0.6 is 0 Å². The SMILES string of the molecule is CC1(C)O[C@@H]1C(=O)OCc1ccccc1. The number of esters is 1. The van der Waals surface area contributed by atoms with Crippen molar-refractivity contribution in [3.63, 3.8) is 0 Å². The average molecular weight is 206 g/mol. The molecule has 0 saturated carbocycles. The first-order valence-electron chi connectivity index (χ1n) is 4.98. The second-order valence-electron chi connectivity index (χ2n) is 4.19. The molecule has 80 valence electrons. The Morgan fingerprint density at radius 1 is 1.40 bits per heavy atom. The van der Waals surface area contributed by atoms with E-state index < -0.39 is 0 Å². The fourth-order valence-electron chi connectivity index (χ4n) is 1.41. The summed E-state index contributed by atoms with van der Waals surface area (Å²) in [4.78, 5) is 11.4. The highest BCUT2D eigenvalue weighted by molar-refractivity contribution is 5.79.